The molecular formula is C14H17NS2. The minimum absolute atomic E-state index is 0.176. The highest BCUT2D eigenvalue weighted by atomic mass is 32.1. The monoisotopic (exact) mass is 263 g/mol. The van der Waals surface area contributed by atoms with Gasteiger partial charge in [-0.2, -0.15) is 0 Å². The molecule has 90 valence electrons. The Labute approximate surface area is 110 Å². The van der Waals surface area contributed by atoms with Crippen molar-refractivity contribution >= 4 is 22.7 Å². The second-order valence-corrected chi connectivity index (χ2v) is 6.88. The molecule has 0 saturated heterocycles. The summed E-state index contributed by atoms with van der Waals surface area (Å²) >= 11 is 3.70. The number of hydrogen-bond donors (Lipinski definition) is 1. The first kappa shape index (κ1) is 11.5. The fourth-order valence-electron chi connectivity index (χ4n) is 2.85. The van der Waals surface area contributed by atoms with Gasteiger partial charge in [0.1, 0.15) is 0 Å². The van der Waals surface area contributed by atoms with Gasteiger partial charge in [0.15, 0.2) is 0 Å². The van der Waals surface area contributed by atoms with E-state index < -0.39 is 0 Å². The first-order valence-electron chi connectivity index (χ1n) is 6.13. The first-order chi connectivity index (χ1) is 8.27. The highest BCUT2D eigenvalue weighted by Gasteiger charge is 2.28. The van der Waals surface area contributed by atoms with E-state index in [1.54, 1.807) is 16.2 Å². The number of aryl methyl sites for hydroxylation is 2. The summed E-state index contributed by atoms with van der Waals surface area (Å²) < 4.78 is 0. The lowest BCUT2D eigenvalue weighted by atomic mass is 9.80. The van der Waals surface area contributed by atoms with Crippen LogP contribution in [0.25, 0.3) is 0 Å². The van der Waals surface area contributed by atoms with Crippen molar-refractivity contribution in [3.05, 3.63) is 43.8 Å². The van der Waals surface area contributed by atoms with Crippen LogP contribution in [0.5, 0.6) is 0 Å². The molecule has 0 radical (unpaired) electrons. The summed E-state index contributed by atoms with van der Waals surface area (Å²) in [6, 6.07) is 4.66. The van der Waals surface area contributed by atoms with Crippen LogP contribution in [0.4, 0.5) is 0 Å². The van der Waals surface area contributed by atoms with Crippen molar-refractivity contribution in [1.29, 1.82) is 0 Å². The molecule has 2 aromatic heterocycles. The molecule has 3 heteroatoms. The Morgan fingerprint density at radius 2 is 2.12 bits per heavy atom. The van der Waals surface area contributed by atoms with Gasteiger partial charge >= 0.3 is 0 Å². The number of nitrogens with two attached hydrogens (primary N) is 1. The molecule has 0 bridgehead atoms. The third kappa shape index (κ3) is 1.96. The molecule has 0 amide bonds. The Morgan fingerprint density at radius 3 is 2.88 bits per heavy atom. The van der Waals surface area contributed by atoms with Crippen molar-refractivity contribution in [3.8, 4) is 0 Å². The summed E-state index contributed by atoms with van der Waals surface area (Å²) in [5, 5.41) is 4.37. The Morgan fingerprint density at radius 1 is 1.29 bits per heavy atom. The molecule has 2 heterocycles. The fraction of sp³-hybridized carbons (Fsp3) is 0.429. The molecule has 2 atom stereocenters. The molecule has 1 nitrogen and oxygen atoms in total. The minimum atomic E-state index is 0.176. The fourth-order valence-corrected chi connectivity index (χ4v) is 4.61. The molecule has 2 aromatic rings. The summed E-state index contributed by atoms with van der Waals surface area (Å²) in [5.74, 6) is 0.526. The van der Waals surface area contributed by atoms with E-state index in [0.29, 0.717) is 5.92 Å². The smallest absolute Gasteiger partial charge is 0.0375 e. The highest BCUT2D eigenvalue weighted by Crippen LogP contribution is 2.42. The Kier molecular flexibility index (Phi) is 3.07. The average Bonchev–Trinajstić information content (AvgIpc) is 2.95. The van der Waals surface area contributed by atoms with Crippen LogP contribution in [0.1, 0.15) is 45.7 Å². The molecule has 2 N–H and O–H groups in total. The number of thiophene rings is 2. The van der Waals surface area contributed by atoms with Crippen molar-refractivity contribution in [1.82, 2.24) is 0 Å². The third-order valence-corrected chi connectivity index (χ3v) is 5.65. The van der Waals surface area contributed by atoms with Crippen LogP contribution in [0, 0.1) is 6.92 Å². The topological polar surface area (TPSA) is 26.0 Å². The Bertz CT molecular complexity index is 512. The van der Waals surface area contributed by atoms with Crippen molar-refractivity contribution in [2.75, 3.05) is 0 Å². The van der Waals surface area contributed by atoms with Crippen LogP contribution in [-0.4, -0.2) is 0 Å². The molecule has 0 fully saturated rings. The Hall–Kier alpha value is -0.640. The van der Waals surface area contributed by atoms with Gasteiger partial charge in [0.05, 0.1) is 0 Å². The van der Waals surface area contributed by atoms with E-state index in [1.807, 2.05) is 11.3 Å². The Balaban J connectivity index is 1.94. The highest BCUT2D eigenvalue weighted by molar-refractivity contribution is 7.10. The van der Waals surface area contributed by atoms with Crippen LogP contribution in [0.2, 0.25) is 0 Å². The standard InChI is InChI=1S/C14H17NS2/c1-9-10(5-7-16-9)14(15)12-3-2-4-13-11(12)6-8-17-13/h5-8,12,14H,2-4,15H2,1H3. The van der Waals surface area contributed by atoms with Gasteiger partial charge in [-0.25, -0.2) is 0 Å². The van der Waals surface area contributed by atoms with Crippen molar-refractivity contribution in [3.63, 3.8) is 0 Å². The predicted octanol–water partition coefficient (Wildman–Crippen LogP) is 4.24. The summed E-state index contributed by atoms with van der Waals surface area (Å²) in [7, 11) is 0. The van der Waals surface area contributed by atoms with Crippen LogP contribution in [0.15, 0.2) is 22.9 Å². The lowest BCUT2D eigenvalue weighted by Gasteiger charge is -2.28. The lowest BCUT2D eigenvalue weighted by molar-refractivity contribution is 0.479. The van der Waals surface area contributed by atoms with Gasteiger partial charge in [-0.05, 0) is 60.2 Å². The molecule has 17 heavy (non-hydrogen) atoms. The SMILES string of the molecule is Cc1sccc1C(N)C1CCCc2sccc21. The first-order valence-corrected chi connectivity index (χ1v) is 7.89. The molecule has 0 spiro atoms. The second-order valence-electron chi connectivity index (χ2n) is 4.76. The van der Waals surface area contributed by atoms with Crippen LogP contribution in [0.3, 0.4) is 0 Å². The molecule has 3 rings (SSSR count). The van der Waals surface area contributed by atoms with E-state index in [2.05, 4.69) is 29.8 Å². The lowest BCUT2D eigenvalue weighted by Crippen LogP contribution is -2.22. The van der Waals surface area contributed by atoms with Gasteiger partial charge in [-0.1, -0.05) is 0 Å². The summed E-state index contributed by atoms with van der Waals surface area (Å²) in [6.45, 7) is 2.18. The normalized spacial score (nSPS) is 21.2. The van der Waals surface area contributed by atoms with E-state index >= 15 is 0 Å². The van der Waals surface area contributed by atoms with Gasteiger partial charge < -0.3 is 5.73 Å². The maximum atomic E-state index is 6.50. The molecule has 0 saturated carbocycles. The molecule has 2 unspecified atom stereocenters. The second kappa shape index (κ2) is 4.56. The van der Waals surface area contributed by atoms with E-state index in [0.717, 1.165) is 0 Å². The van der Waals surface area contributed by atoms with Gasteiger partial charge in [0, 0.05) is 21.7 Å². The van der Waals surface area contributed by atoms with Crippen LogP contribution in [-0.2, 0) is 6.42 Å². The zero-order valence-corrected chi connectivity index (χ0v) is 11.6. The van der Waals surface area contributed by atoms with Crippen molar-refractivity contribution in [2.24, 2.45) is 5.73 Å². The van der Waals surface area contributed by atoms with Crippen LogP contribution >= 0.6 is 22.7 Å². The van der Waals surface area contributed by atoms with E-state index in [4.69, 9.17) is 5.73 Å². The zero-order valence-electron chi connectivity index (χ0n) is 9.98. The predicted molar refractivity (Wildman–Crippen MR) is 76.0 cm³/mol. The minimum Gasteiger partial charge on any atom is -0.323 e. The van der Waals surface area contributed by atoms with Crippen molar-refractivity contribution < 1.29 is 0 Å². The molecule has 0 aliphatic heterocycles. The maximum Gasteiger partial charge on any atom is 0.0375 e. The third-order valence-electron chi connectivity index (χ3n) is 3.79. The summed E-state index contributed by atoms with van der Waals surface area (Å²) in [6.07, 6.45) is 3.77. The molecular weight excluding hydrogens is 246 g/mol. The average molecular weight is 263 g/mol. The number of rotatable bonds is 2. The van der Waals surface area contributed by atoms with E-state index in [9.17, 15) is 0 Å². The van der Waals surface area contributed by atoms with Crippen molar-refractivity contribution in [2.45, 2.75) is 38.1 Å². The van der Waals surface area contributed by atoms with E-state index in [-0.39, 0.29) is 6.04 Å². The van der Waals surface area contributed by atoms with E-state index in [1.165, 1.54) is 35.3 Å². The number of fused-ring (bicyclic) bond motifs is 1. The summed E-state index contributed by atoms with van der Waals surface area (Å²) in [4.78, 5) is 2.93. The summed E-state index contributed by atoms with van der Waals surface area (Å²) in [5.41, 5.74) is 9.36. The molecule has 0 aromatic carbocycles. The quantitative estimate of drug-likeness (QED) is 0.861. The largest absolute Gasteiger partial charge is 0.323 e. The maximum absolute atomic E-state index is 6.50. The zero-order chi connectivity index (χ0) is 11.8. The van der Waals surface area contributed by atoms with Crippen LogP contribution < -0.4 is 5.73 Å². The van der Waals surface area contributed by atoms with Gasteiger partial charge in [-0.15, -0.1) is 22.7 Å². The number of hydrogen-bond acceptors (Lipinski definition) is 3. The molecule has 1 aliphatic carbocycles. The van der Waals surface area contributed by atoms with Gasteiger partial charge in [0.25, 0.3) is 0 Å². The molecule has 1 aliphatic rings. The van der Waals surface area contributed by atoms with Gasteiger partial charge in [0.2, 0.25) is 0 Å². The van der Waals surface area contributed by atoms with Gasteiger partial charge in [-0.3, -0.25) is 0 Å².